The molecule has 25 heavy (non-hydrogen) atoms. The molecule has 0 aliphatic carbocycles. The van der Waals surface area contributed by atoms with Crippen LogP contribution in [0.4, 0.5) is 5.69 Å². The van der Waals surface area contributed by atoms with E-state index in [1.54, 1.807) is 6.07 Å². The first kappa shape index (κ1) is 15.3. The molecule has 0 saturated carbocycles. The van der Waals surface area contributed by atoms with Crippen LogP contribution in [0.5, 0.6) is 5.75 Å². The summed E-state index contributed by atoms with van der Waals surface area (Å²) in [6.45, 7) is 0.842. The Morgan fingerprint density at radius 3 is 2.48 bits per heavy atom. The molecule has 1 aromatic heterocycles. The lowest BCUT2D eigenvalue weighted by atomic mass is 10.1. The average Bonchev–Trinajstić information content (AvgIpc) is 3.09. The second kappa shape index (κ2) is 6.32. The number of hydrogen-bond acceptors (Lipinski definition) is 4. The van der Waals surface area contributed by atoms with Crippen molar-refractivity contribution < 1.29 is 5.11 Å². The van der Waals surface area contributed by atoms with Crippen molar-refractivity contribution in [1.29, 1.82) is 0 Å². The van der Waals surface area contributed by atoms with Crippen LogP contribution in [0.2, 0.25) is 0 Å². The maximum atomic E-state index is 10.1. The van der Waals surface area contributed by atoms with E-state index in [2.05, 4.69) is 47.4 Å². The highest BCUT2D eigenvalue weighted by Crippen LogP contribution is 2.30. The number of phenolic OH excluding ortho intramolecular Hbond substituents is 1. The van der Waals surface area contributed by atoms with Gasteiger partial charge in [0.1, 0.15) is 5.75 Å². The van der Waals surface area contributed by atoms with E-state index >= 15 is 0 Å². The van der Waals surface area contributed by atoms with Crippen molar-refractivity contribution in [1.82, 2.24) is 9.88 Å². The van der Waals surface area contributed by atoms with Crippen LogP contribution in [0.25, 0.3) is 22.5 Å². The molecule has 0 atom stereocenters. The van der Waals surface area contributed by atoms with Crippen molar-refractivity contribution in [2.24, 2.45) is 0 Å². The largest absolute Gasteiger partial charge is 0.507 e. The van der Waals surface area contributed by atoms with Gasteiger partial charge >= 0.3 is 0 Å². The van der Waals surface area contributed by atoms with Crippen LogP contribution in [-0.2, 0) is 0 Å². The fraction of sp³-hybridized carbons (Fsp3) is 0.0952. The van der Waals surface area contributed by atoms with Gasteiger partial charge in [-0.25, -0.2) is 4.98 Å². The summed E-state index contributed by atoms with van der Waals surface area (Å²) in [5.74, 6) is 0.242. The molecule has 4 heteroatoms. The SMILES string of the molecule is CN1C=CN(c2cccc(-c3cccc(-c4ccccc4O)n3)c2)C1. The minimum absolute atomic E-state index is 0.242. The Kier molecular flexibility index (Phi) is 3.86. The quantitative estimate of drug-likeness (QED) is 0.777. The number of phenols is 1. The first-order valence-corrected chi connectivity index (χ1v) is 8.22. The summed E-state index contributed by atoms with van der Waals surface area (Å²) in [7, 11) is 2.05. The Morgan fingerprint density at radius 2 is 1.68 bits per heavy atom. The maximum absolute atomic E-state index is 10.1. The zero-order chi connectivity index (χ0) is 17.2. The number of nitrogens with zero attached hydrogens (tertiary/aromatic N) is 3. The Morgan fingerprint density at radius 1 is 0.880 bits per heavy atom. The fourth-order valence-corrected chi connectivity index (χ4v) is 2.98. The van der Waals surface area contributed by atoms with Crippen molar-refractivity contribution in [2.75, 3.05) is 18.6 Å². The van der Waals surface area contributed by atoms with Gasteiger partial charge in [-0.15, -0.1) is 0 Å². The third-order valence-electron chi connectivity index (χ3n) is 4.28. The van der Waals surface area contributed by atoms with E-state index in [-0.39, 0.29) is 5.75 Å². The van der Waals surface area contributed by atoms with Gasteiger partial charge in [0.15, 0.2) is 0 Å². The van der Waals surface area contributed by atoms with Gasteiger partial charge in [-0.05, 0) is 36.4 Å². The van der Waals surface area contributed by atoms with E-state index in [1.807, 2.05) is 42.5 Å². The molecule has 3 aromatic rings. The molecule has 2 aromatic carbocycles. The first-order valence-electron chi connectivity index (χ1n) is 8.22. The highest BCUT2D eigenvalue weighted by Gasteiger charge is 2.12. The molecule has 2 heterocycles. The minimum atomic E-state index is 0.242. The summed E-state index contributed by atoms with van der Waals surface area (Å²) in [6, 6.07) is 21.5. The number of hydrogen-bond donors (Lipinski definition) is 1. The van der Waals surface area contributed by atoms with Gasteiger partial charge in [0, 0.05) is 36.3 Å². The van der Waals surface area contributed by atoms with E-state index in [9.17, 15) is 5.11 Å². The minimum Gasteiger partial charge on any atom is -0.507 e. The predicted molar refractivity (Wildman–Crippen MR) is 101 cm³/mol. The smallest absolute Gasteiger partial charge is 0.124 e. The Balaban J connectivity index is 1.70. The molecular weight excluding hydrogens is 310 g/mol. The molecule has 1 N–H and O–H groups in total. The Bertz CT molecular complexity index is 936. The zero-order valence-corrected chi connectivity index (χ0v) is 14.0. The van der Waals surface area contributed by atoms with Gasteiger partial charge in [-0.3, -0.25) is 0 Å². The van der Waals surface area contributed by atoms with Crippen molar-refractivity contribution >= 4 is 5.69 Å². The summed E-state index contributed by atoms with van der Waals surface area (Å²) < 4.78 is 0. The molecule has 0 unspecified atom stereocenters. The number of anilines is 1. The van der Waals surface area contributed by atoms with Crippen LogP contribution < -0.4 is 4.90 Å². The molecule has 0 bridgehead atoms. The van der Waals surface area contributed by atoms with Crippen molar-refractivity contribution in [2.45, 2.75) is 0 Å². The molecular formula is C21H19N3O. The van der Waals surface area contributed by atoms with E-state index < -0.39 is 0 Å². The second-order valence-electron chi connectivity index (χ2n) is 6.14. The van der Waals surface area contributed by atoms with Gasteiger partial charge in [-0.2, -0.15) is 0 Å². The third-order valence-corrected chi connectivity index (χ3v) is 4.28. The van der Waals surface area contributed by atoms with Gasteiger partial charge in [-0.1, -0.05) is 30.3 Å². The van der Waals surface area contributed by atoms with Gasteiger partial charge < -0.3 is 14.9 Å². The van der Waals surface area contributed by atoms with Crippen LogP contribution in [-0.4, -0.2) is 28.7 Å². The molecule has 1 aliphatic heterocycles. The molecule has 0 saturated heterocycles. The molecule has 124 valence electrons. The number of aromatic nitrogens is 1. The Labute approximate surface area is 147 Å². The van der Waals surface area contributed by atoms with Crippen LogP contribution in [0.1, 0.15) is 0 Å². The lowest BCUT2D eigenvalue weighted by molar-refractivity contribution is 0.477. The summed E-state index contributed by atoms with van der Waals surface area (Å²) in [4.78, 5) is 9.07. The Hall–Kier alpha value is -3.27. The van der Waals surface area contributed by atoms with Crippen molar-refractivity contribution in [3.05, 3.63) is 79.1 Å². The predicted octanol–water partition coefficient (Wildman–Crippen LogP) is 4.30. The van der Waals surface area contributed by atoms with Crippen molar-refractivity contribution in [3.8, 4) is 28.3 Å². The number of aromatic hydroxyl groups is 1. The lowest BCUT2D eigenvalue weighted by Gasteiger charge is -2.19. The highest BCUT2D eigenvalue weighted by atomic mass is 16.3. The normalized spacial score (nSPS) is 13.5. The van der Waals surface area contributed by atoms with Gasteiger partial charge in [0.25, 0.3) is 0 Å². The van der Waals surface area contributed by atoms with E-state index in [1.165, 1.54) is 0 Å². The van der Waals surface area contributed by atoms with Gasteiger partial charge in [0.05, 0.1) is 18.1 Å². The number of pyridine rings is 1. The first-order chi connectivity index (χ1) is 12.2. The molecule has 0 radical (unpaired) electrons. The van der Waals surface area contributed by atoms with E-state index in [4.69, 9.17) is 4.98 Å². The second-order valence-corrected chi connectivity index (χ2v) is 6.14. The van der Waals surface area contributed by atoms with Gasteiger partial charge in [0.2, 0.25) is 0 Å². The fourth-order valence-electron chi connectivity index (χ4n) is 2.98. The topological polar surface area (TPSA) is 39.6 Å². The summed E-state index contributed by atoms with van der Waals surface area (Å²) >= 11 is 0. The summed E-state index contributed by atoms with van der Waals surface area (Å²) in [5.41, 5.74) is 4.58. The third kappa shape index (κ3) is 3.06. The molecule has 4 rings (SSSR count). The average molecular weight is 329 g/mol. The van der Waals surface area contributed by atoms with Crippen LogP contribution in [0, 0.1) is 0 Å². The van der Waals surface area contributed by atoms with Crippen LogP contribution in [0.15, 0.2) is 79.1 Å². The molecule has 0 amide bonds. The van der Waals surface area contributed by atoms with Crippen LogP contribution >= 0.6 is 0 Å². The van der Waals surface area contributed by atoms with Crippen LogP contribution in [0.3, 0.4) is 0 Å². The summed E-state index contributed by atoms with van der Waals surface area (Å²) in [6.07, 6.45) is 4.13. The maximum Gasteiger partial charge on any atom is 0.124 e. The molecule has 0 spiro atoms. The van der Waals surface area contributed by atoms with E-state index in [0.717, 1.165) is 34.9 Å². The molecule has 0 fully saturated rings. The molecule has 4 nitrogen and oxygen atoms in total. The lowest BCUT2D eigenvalue weighted by Crippen LogP contribution is -2.21. The highest BCUT2D eigenvalue weighted by molar-refractivity contribution is 5.72. The number of rotatable bonds is 3. The zero-order valence-electron chi connectivity index (χ0n) is 14.0. The monoisotopic (exact) mass is 329 g/mol. The van der Waals surface area contributed by atoms with E-state index in [0.29, 0.717) is 0 Å². The van der Waals surface area contributed by atoms with Crippen molar-refractivity contribution in [3.63, 3.8) is 0 Å². The standard InChI is InChI=1S/C21H19N3O/c1-23-12-13-24(15-23)17-7-4-6-16(14-17)19-9-5-10-20(22-19)18-8-2-3-11-21(18)25/h2-14,25H,15H2,1H3. The summed E-state index contributed by atoms with van der Waals surface area (Å²) in [5, 5.41) is 10.1. The number of benzene rings is 2. The molecule has 1 aliphatic rings. The number of para-hydroxylation sites is 1.